The number of ether oxygens (including phenoxy) is 1. The van der Waals surface area contributed by atoms with Crippen molar-refractivity contribution in [2.75, 3.05) is 0 Å². The van der Waals surface area contributed by atoms with E-state index in [9.17, 15) is 14.7 Å². The highest BCUT2D eigenvalue weighted by atomic mass is 16.5. The van der Waals surface area contributed by atoms with Crippen molar-refractivity contribution in [1.29, 1.82) is 0 Å². The van der Waals surface area contributed by atoms with Gasteiger partial charge < -0.3 is 21.3 Å². The number of carbonyl (C=O) groups excluding carboxylic acids is 2. The minimum absolute atomic E-state index is 0.252. The summed E-state index contributed by atoms with van der Waals surface area (Å²) in [5.74, 6) is -0.636. The van der Waals surface area contributed by atoms with E-state index < -0.39 is 24.0 Å². The minimum atomic E-state index is -0.884. The molecule has 26 heavy (non-hydrogen) atoms. The van der Waals surface area contributed by atoms with Crippen LogP contribution in [0.3, 0.4) is 0 Å². The maximum atomic E-state index is 11.7. The first kappa shape index (κ1) is 19.5. The van der Waals surface area contributed by atoms with Crippen LogP contribution < -0.4 is 16.2 Å². The van der Waals surface area contributed by atoms with E-state index in [1.165, 1.54) is 0 Å². The molecule has 0 saturated heterocycles. The summed E-state index contributed by atoms with van der Waals surface area (Å²) in [5.41, 5.74) is 12.4. The number of benzene rings is 2. The average Bonchev–Trinajstić information content (AvgIpc) is 2.61. The topological polar surface area (TPSA) is 116 Å². The molecule has 2 amide bonds. The predicted molar refractivity (Wildman–Crippen MR) is 98.1 cm³/mol. The number of hydrogen-bond acceptors (Lipinski definition) is 4. The molecule has 0 aliphatic heterocycles. The molecule has 0 aliphatic carbocycles. The molecule has 6 nitrogen and oxygen atoms in total. The van der Waals surface area contributed by atoms with Crippen molar-refractivity contribution < 1.29 is 19.4 Å². The Bertz CT molecular complexity index is 716. The highest BCUT2D eigenvalue weighted by Gasteiger charge is 2.20. The summed E-state index contributed by atoms with van der Waals surface area (Å²) in [7, 11) is 0. The molecule has 2 rings (SSSR count). The number of primary amides is 2. The van der Waals surface area contributed by atoms with Crippen LogP contribution in [0.15, 0.2) is 54.6 Å². The fraction of sp³-hybridized carbons (Fsp3) is 0.250. The smallest absolute Gasteiger partial charge is 0.409 e. The summed E-state index contributed by atoms with van der Waals surface area (Å²) in [6, 6.07) is 16.4. The van der Waals surface area contributed by atoms with Gasteiger partial charge in [-0.1, -0.05) is 42.5 Å². The molecule has 2 aromatic rings. The van der Waals surface area contributed by atoms with Gasteiger partial charge in [0.1, 0.15) is 5.75 Å². The number of aliphatic hydroxyl groups is 1. The molecule has 0 heterocycles. The lowest BCUT2D eigenvalue weighted by Gasteiger charge is -2.18. The average molecular weight is 355 g/mol. The fourth-order valence-corrected chi connectivity index (χ4v) is 2.67. The van der Waals surface area contributed by atoms with Gasteiger partial charge in [0.05, 0.1) is 6.10 Å². The van der Waals surface area contributed by atoms with E-state index in [2.05, 4.69) is 0 Å². The van der Waals surface area contributed by atoms with Crippen LogP contribution in [0.2, 0.25) is 0 Å². The van der Waals surface area contributed by atoms with Crippen LogP contribution in [0.4, 0.5) is 4.79 Å². The molecule has 0 saturated carbocycles. The standard InChI is InChI=1S/C20H23N2O4/c21-19(24)16(12-15-7-10-18(11-8-15)26-20(22)25)13-17(23)9-6-14-4-2-1-3-5-14/h1-5,7-11,16-17,23H,6,12-13H2,(H2,21,24)(H2,22,25)/t16-,17+/m1/s1. The predicted octanol–water partition coefficient (Wildman–Crippen LogP) is 1.99. The van der Waals surface area contributed by atoms with Gasteiger partial charge >= 0.3 is 6.09 Å². The summed E-state index contributed by atoms with van der Waals surface area (Å²) < 4.78 is 4.76. The highest BCUT2D eigenvalue weighted by Crippen LogP contribution is 2.19. The third-order valence-corrected chi connectivity index (χ3v) is 4.02. The molecule has 6 heteroatoms. The minimum Gasteiger partial charge on any atom is -0.411 e. The van der Waals surface area contributed by atoms with Crippen molar-refractivity contribution in [3.05, 3.63) is 72.1 Å². The Morgan fingerprint density at radius 1 is 1.00 bits per heavy atom. The van der Waals surface area contributed by atoms with Crippen molar-refractivity contribution in [3.8, 4) is 5.75 Å². The number of amides is 2. The first-order chi connectivity index (χ1) is 12.4. The van der Waals surface area contributed by atoms with E-state index in [1.54, 1.807) is 30.7 Å². The van der Waals surface area contributed by atoms with Crippen molar-refractivity contribution in [1.82, 2.24) is 0 Å². The molecular formula is C20H23N2O4. The van der Waals surface area contributed by atoms with E-state index in [0.717, 1.165) is 11.1 Å². The van der Waals surface area contributed by atoms with E-state index >= 15 is 0 Å². The van der Waals surface area contributed by atoms with Crippen molar-refractivity contribution >= 4 is 12.0 Å². The Balaban J connectivity index is 1.89. The maximum Gasteiger partial charge on any atom is 0.409 e. The zero-order valence-corrected chi connectivity index (χ0v) is 14.4. The molecule has 0 spiro atoms. The van der Waals surface area contributed by atoms with E-state index in [-0.39, 0.29) is 6.42 Å². The van der Waals surface area contributed by atoms with Crippen molar-refractivity contribution in [3.63, 3.8) is 0 Å². The second-order valence-corrected chi connectivity index (χ2v) is 6.10. The third kappa shape index (κ3) is 6.57. The Morgan fingerprint density at radius 3 is 2.23 bits per heavy atom. The molecule has 0 fully saturated rings. The number of carbonyl (C=O) groups is 2. The number of hydrogen-bond donors (Lipinski definition) is 3. The summed E-state index contributed by atoms with van der Waals surface area (Å²) in [5, 5.41) is 10.2. The van der Waals surface area contributed by atoms with Gasteiger partial charge in [-0.25, -0.2) is 4.79 Å². The molecule has 0 bridgehead atoms. The second kappa shape index (κ2) is 9.58. The Labute approximate surface area is 152 Å². The highest BCUT2D eigenvalue weighted by molar-refractivity contribution is 5.77. The first-order valence-corrected chi connectivity index (χ1v) is 8.35. The number of aliphatic hydroxyl groups excluding tert-OH is 1. The zero-order chi connectivity index (χ0) is 18.9. The molecule has 0 unspecified atom stereocenters. The Hall–Kier alpha value is -2.86. The second-order valence-electron chi connectivity index (χ2n) is 6.10. The lowest BCUT2D eigenvalue weighted by molar-refractivity contribution is -0.122. The lowest BCUT2D eigenvalue weighted by Crippen LogP contribution is -2.29. The quantitative estimate of drug-likeness (QED) is 0.638. The van der Waals surface area contributed by atoms with Crippen LogP contribution in [-0.2, 0) is 17.6 Å². The van der Waals surface area contributed by atoms with Gasteiger partial charge in [0, 0.05) is 5.92 Å². The molecule has 2 atom stereocenters. The van der Waals surface area contributed by atoms with Gasteiger partial charge in [0.2, 0.25) is 5.91 Å². The summed E-state index contributed by atoms with van der Waals surface area (Å²) in [6.45, 7) is 0. The molecule has 0 aromatic heterocycles. The molecule has 0 aliphatic rings. The van der Waals surface area contributed by atoms with E-state index in [4.69, 9.17) is 16.2 Å². The Kier molecular flexibility index (Phi) is 7.17. The van der Waals surface area contributed by atoms with Crippen molar-refractivity contribution in [2.24, 2.45) is 17.4 Å². The molecule has 137 valence electrons. The fourth-order valence-electron chi connectivity index (χ4n) is 2.67. The van der Waals surface area contributed by atoms with Crippen LogP contribution in [0, 0.1) is 12.3 Å². The molecule has 1 radical (unpaired) electrons. The first-order valence-electron chi connectivity index (χ1n) is 8.35. The van der Waals surface area contributed by atoms with Gasteiger partial charge in [-0.3, -0.25) is 4.79 Å². The van der Waals surface area contributed by atoms with Gasteiger partial charge in [0.25, 0.3) is 0 Å². The zero-order valence-electron chi connectivity index (χ0n) is 14.4. The number of rotatable bonds is 9. The van der Waals surface area contributed by atoms with E-state index in [0.29, 0.717) is 18.6 Å². The van der Waals surface area contributed by atoms with Crippen LogP contribution in [0.5, 0.6) is 5.75 Å². The summed E-state index contributed by atoms with van der Waals surface area (Å²) in [4.78, 5) is 22.5. The molecule has 2 aromatic carbocycles. The molecule has 5 N–H and O–H groups in total. The normalized spacial score (nSPS) is 13.0. The maximum absolute atomic E-state index is 11.7. The van der Waals surface area contributed by atoms with Crippen LogP contribution in [-0.4, -0.2) is 23.2 Å². The van der Waals surface area contributed by atoms with Gasteiger partial charge in [-0.2, -0.15) is 0 Å². The third-order valence-electron chi connectivity index (χ3n) is 4.02. The number of nitrogens with two attached hydrogens (primary N) is 2. The molecular weight excluding hydrogens is 332 g/mol. The lowest BCUT2D eigenvalue weighted by atomic mass is 9.91. The summed E-state index contributed by atoms with van der Waals surface area (Å²) in [6.07, 6.45) is 1.42. The van der Waals surface area contributed by atoms with Crippen LogP contribution in [0.1, 0.15) is 17.5 Å². The monoisotopic (exact) mass is 355 g/mol. The van der Waals surface area contributed by atoms with Gasteiger partial charge in [0.15, 0.2) is 0 Å². The SMILES string of the molecule is NC(=O)Oc1ccc(C[C@H](C[C@@H](O)[CH]Cc2ccccc2)C(N)=O)cc1. The largest absolute Gasteiger partial charge is 0.411 e. The Morgan fingerprint density at radius 2 is 1.65 bits per heavy atom. The van der Waals surface area contributed by atoms with E-state index in [1.807, 2.05) is 30.3 Å². The van der Waals surface area contributed by atoms with Gasteiger partial charge in [-0.15, -0.1) is 0 Å². The summed E-state index contributed by atoms with van der Waals surface area (Å²) >= 11 is 0. The van der Waals surface area contributed by atoms with Crippen LogP contribution in [0.25, 0.3) is 0 Å². The van der Waals surface area contributed by atoms with Gasteiger partial charge in [-0.05, 0) is 48.9 Å². The van der Waals surface area contributed by atoms with Crippen molar-refractivity contribution in [2.45, 2.75) is 25.4 Å². The van der Waals surface area contributed by atoms with Crippen LogP contribution >= 0.6 is 0 Å².